The summed E-state index contributed by atoms with van der Waals surface area (Å²) in [6.07, 6.45) is 17.2. The van der Waals surface area contributed by atoms with Gasteiger partial charge >= 0.3 is 0 Å². The summed E-state index contributed by atoms with van der Waals surface area (Å²) in [7, 11) is 0. The fraction of sp³-hybridized carbons (Fsp3) is 0.778. The van der Waals surface area contributed by atoms with Crippen LogP contribution in [-0.4, -0.2) is 21.9 Å². The Kier molecular flexibility index (Phi) is 7.16. The molecule has 2 nitrogen and oxygen atoms in total. The average molecular weight is 401 g/mol. The zero-order chi connectivity index (χ0) is 21.2. The monoisotopic (exact) mass is 400 g/mol. The highest BCUT2D eigenvalue weighted by Gasteiger charge is 2.50. The smallest absolute Gasteiger partial charge is 0.0787 e. The van der Waals surface area contributed by atoms with Crippen LogP contribution >= 0.6 is 0 Å². The second-order valence-corrected chi connectivity index (χ2v) is 11.1. The Balaban J connectivity index is 1.68. The van der Waals surface area contributed by atoms with Crippen molar-refractivity contribution in [3.05, 3.63) is 35.5 Å². The highest BCUT2D eigenvalue weighted by atomic mass is 16.3. The van der Waals surface area contributed by atoms with E-state index < -0.39 is 5.60 Å². The van der Waals surface area contributed by atoms with Crippen LogP contribution in [0.3, 0.4) is 0 Å². The van der Waals surface area contributed by atoms with Crippen molar-refractivity contribution in [1.82, 2.24) is 0 Å². The van der Waals surface area contributed by atoms with Crippen LogP contribution in [0.2, 0.25) is 0 Å². The van der Waals surface area contributed by atoms with Gasteiger partial charge in [0.2, 0.25) is 0 Å². The summed E-state index contributed by atoms with van der Waals surface area (Å²) in [5.41, 5.74) is 3.74. The Morgan fingerprint density at radius 3 is 2.66 bits per heavy atom. The number of aliphatic hydroxyl groups is 2. The molecule has 0 aliphatic heterocycles. The van der Waals surface area contributed by atoms with E-state index in [0.717, 1.165) is 55.4 Å². The Morgan fingerprint density at radius 2 is 1.93 bits per heavy atom. The predicted octanol–water partition coefficient (Wildman–Crippen LogP) is 6.73. The molecule has 2 N–H and O–H groups in total. The summed E-state index contributed by atoms with van der Waals surface area (Å²) in [4.78, 5) is 0. The van der Waals surface area contributed by atoms with Crippen molar-refractivity contribution in [1.29, 1.82) is 0 Å². The normalized spacial score (nSPS) is 37.2. The van der Waals surface area contributed by atoms with E-state index >= 15 is 0 Å². The Morgan fingerprint density at radius 1 is 1.17 bits per heavy atom. The van der Waals surface area contributed by atoms with E-state index in [4.69, 9.17) is 0 Å². The van der Waals surface area contributed by atoms with Crippen molar-refractivity contribution >= 4 is 0 Å². The maximum absolute atomic E-state index is 10.1. The standard InChI is InChI=1S/C27H44O2/c1-19(9-7-17-26(3,4)29)23-15-16-24-22(11-8-18-27(23,24)5)14-13-21-10-6-12-25(28)20(21)2/h13-14,19,23-25,28-29H,2,6-12,15-18H2,1,3-5H3/b21-13-,22-14+/t19?,23?,24?,25-,27+/m0/s1. The van der Waals surface area contributed by atoms with Gasteiger partial charge in [0.15, 0.2) is 0 Å². The molecule has 5 atom stereocenters. The van der Waals surface area contributed by atoms with Crippen LogP contribution in [0, 0.1) is 23.2 Å². The van der Waals surface area contributed by atoms with Crippen LogP contribution in [0.5, 0.6) is 0 Å². The van der Waals surface area contributed by atoms with Crippen LogP contribution in [0.4, 0.5) is 0 Å². The van der Waals surface area contributed by atoms with Crippen LogP contribution in [0.15, 0.2) is 35.5 Å². The maximum Gasteiger partial charge on any atom is 0.0787 e. The Hall–Kier alpha value is -0.860. The van der Waals surface area contributed by atoms with Crippen molar-refractivity contribution in [2.45, 2.75) is 110 Å². The number of allylic oxidation sites excluding steroid dienone is 3. The van der Waals surface area contributed by atoms with Gasteiger partial charge in [0.1, 0.15) is 0 Å². The molecular weight excluding hydrogens is 356 g/mol. The predicted molar refractivity (Wildman–Crippen MR) is 123 cm³/mol. The summed E-state index contributed by atoms with van der Waals surface area (Å²) in [6.45, 7) is 13.0. The highest BCUT2D eigenvalue weighted by molar-refractivity contribution is 5.37. The molecule has 3 aliphatic carbocycles. The van der Waals surface area contributed by atoms with Gasteiger partial charge in [-0.2, -0.15) is 0 Å². The van der Waals surface area contributed by atoms with Gasteiger partial charge in [-0.15, -0.1) is 0 Å². The average Bonchev–Trinajstić information content (AvgIpc) is 2.99. The number of hydrogen-bond donors (Lipinski definition) is 2. The molecule has 164 valence electrons. The molecule has 0 aromatic heterocycles. The SMILES string of the molecule is C=C1/C(=C\C=C2/CCC[C@@]3(C)C2CCC3C(C)CCCC(C)(C)O)CCC[C@@H]1O. The van der Waals surface area contributed by atoms with Gasteiger partial charge in [-0.3, -0.25) is 0 Å². The molecule has 0 saturated heterocycles. The number of hydrogen-bond acceptors (Lipinski definition) is 2. The minimum atomic E-state index is -0.535. The Bertz CT molecular complexity index is 650. The molecule has 3 aliphatic rings. The van der Waals surface area contributed by atoms with Crippen molar-refractivity contribution in [3.63, 3.8) is 0 Å². The molecule has 3 saturated carbocycles. The zero-order valence-corrected chi connectivity index (χ0v) is 19.3. The fourth-order valence-corrected chi connectivity index (χ4v) is 6.70. The first kappa shape index (κ1) is 22.8. The summed E-state index contributed by atoms with van der Waals surface area (Å²) in [5.74, 6) is 2.26. The van der Waals surface area contributed by atoms with Crippen molar-refractivity contribution in [2.24, 2.45) is 23.2 Å². The molecule has 3 unspecified atom stereocenters. The van der Waals surface area contributed by atoms with Gasteiger partial charge in [0.05, 0.1) is 11.7 Å². The third kappa shape index (κ3) is 5.25. The molecule has 0 aromatic carbocycles. The maximum atomic E-state index is 10.1. The number of aliphatic hydroxyl groups excluding tert-OH is 1. The van der Waals surface area contributed by atoms with Gasteiger partial charge in [0, 0.05) is 0 Å². The van der Waals surface area contributed by atoms with E-state index in [1.807, 2.05) is 13.8 Å². The summed E-state index contributed by atoms with van der Waals surface area (Å²) >= 11 is 0. The lowest BCUT2D eigenvalue weighted by molar-refractivity contribution is 0.0596. The molecule has 3 rings (SSSR count). The second-order valence-electron chi connectivity index (χ2n) is 11.1. The minimum Gasteiger partial charge on any atom is -0.390 e. The molecule has 29 heavy (non-hydrogen) atoms. The lowest BCUT2D eigenvalue weighted by Gasteiger charge is -2.44. The van der Waals surface area contributed by atoms with Crippen molar-refractivity contribution in [2.75, 3.05) is 0 Å². The molecule has 3 fully saturated rings. The molecule has 0 aromatic rings. The molecule has 2 heteroatoms. The first-order valence-electron chi connectivity index (χ1n) is 12.1. The van der Waals surface area contributed by atoms with E-state index in [1.54, 1.807) is 5.57 Å². The third-order valence-electron chi connectivity index (χ3n) is 8.41. The number of fused-ring (bicyclic) bond motifs is 1. The molecule has 0 spiro atoms. The van der Waals surface area contributed by atoms with E-state index in [0.29, 0.717) is 5.41 Å². The summed E-state index contributed by atoms with van der Waals surface area (Å²) in [5, 5.41) is 20.2. The topological polar surface area (TPSA) is 40.5 Å². The van der Waals surface area contributed by atoms with Crippen molar-refractivity contribution < 1.29 is 10.2 Å². The summed E-state index contributed by atoms with van der Waals surface area (Å²) in [6, 6.07) is 0. The van der Waals surface area contributed by atoms with Crippen LogP contribution in [0.1, 0.15) is 98.3 Å². The lowest BCUT2D eigenvalue weighted by atomic mass is 9.60. The fourth-order valence-electron chi connectivity index (χ4n) is 6.70. The van der Waals surface area contributed by atoms with E-state index in [2.05, 4.69) is 32.6 Å². The molecule has 0 heterocycles. The lowest BCUT2D eigenvalue weighted by Crippen LogP contribution is -2.36. The zero-order valence-electron chi connectivity index (χ0n) is 19.3. The van der Waals surface area contributed by atoms with E-state index in [1.165, 1.54) is 44.1 Å². The van der Waals surface area contributed by atoms with Crippen molar-refractivity contribution in [3.8, 4) is 0 Å². The number of rotatable bonds is 6. The molecule has 0 bridgehead atoms. The Labute approximate surface area is 179 Å². The molecular formula is C27H44O2. The largest absolute Gasteiger partial charge is 0.390 e. The van der Waals surface area contributed by atoms with Crippen LogP contribution in [0.25, 0.3) is 0 Å². The first-order valence-corrected chi connectivity index (χ1v) is 12.1. The highest BCUT2D eigenvalue weighted by Crippen LogP contribution is 2.60. The molecule has 0 amide bonds. The van der Waals surface area contributed by atoms with Gasteiger partial charge in [-0.25, -0.2) is 0 Å². The quantitative estimate of drug-likeness (QED) is 0.518. The minimum absolute atomic E-state index is 0.342. The van der Waals surface area contributed by atoms with Gasteiger partial charge in [-0.1, -0.05) is 51.0 Å². The van der Waals surface area contributed by atoms with Gasteiger partial charge in [0.25, 0.3) is 0 Å². The molecule has 0 radical (unpaired) electrons. The third-order valence-corrected chi connectivity index (χ3v) is 8.41. The second kappa shape index (κ2) is 9.10. The van der Waals surface area contributed by atoms with E-state index in [-0.39, 0.29) is 6.10 Å². The summed E-state index contributed by atoms with van der Waals surface area (Å²) < 4.78 is 0. The van der Waals surface area contributed by atoms with E-state index in [9.17, 15) is 10.2 Å². The van der Waals surface area contributed by atoms with Crippen LogP contribution in [-0.2, 0) is 0 Å². The van der Waals surface area contributed by atoms with Crippen LogP contribution < -0.4 is 0 Å². The first-order chi connectivity index (χ1) is 13.6. The van der Waals surface area contributed by atoms with Gasteiger partial charge < -0.3 is 10.2 Å². The van der Waals surface area contributed by atoms with Gasteiger partial charge in [-0.05, 0) is 106 Å².